The van der Waals surface area contributed by atoms with E-state index in [1.54, 1.807) is 29.4 Å². The van der Waals surface area contributed by atoms with E-state index in [1.807, 2.05) is 19.1 Å². The normalized spacial score (nSPS) is 17.7. The summed E-state index contributed by atoms with van der Waals surface area (Å²) in [5.41, 5.74) is 1.34. The lowest BCUT2D eigenvalue weighted by Crippen LogP contribution is -2.51. The number of benzene rings is 1. The topological polar surface area (TPSA) is 91.4 Å². The maximum absolute atomic E-state index is 12.7. The molecule has 1 aliphatic heterocycles. The van der Waals surface area contributed by atoms with Gasteiger partial charge in [0, 0.05) is 50.2 Å². The first kappa shape index (κ1) is 19.5. The van der Waals surface area contributed by atoms with E-state index in [-0.39, 0.29) is 23.4 Å². The quantitative estimate of drug-likeness (QED) is 0.771. The Bertz CT molecular complexity index is 887. The average Bonchev–Trinajstić information content (AvgIpc) is 2.68. The molecule has 144 valence electrons. The number of carbonyl (C=O) groups is 1. The Morgan fingerprint density at radius 3 is 2.93 bits per heavy atom. The van der Waals surface area contributed by atoms with Crippen molar-refractivity contribution < 1.29 is 13.2 Å². The van der Waals surface area contributed by atoms with Crippen LogP contribution < -0.4 is 10.0 Å². The molecule has 0 aliphatic carbocycles. The summed E-state index contributed by atoms with van der Waals surface area (Å²) in [4.78, 5) is 18.6. The monoisotopic (exact) mass is 388 g/mol. The van der Waals surface area contributed by atoms with E-state index in [9.17, 15) is 13.2 Å². The van der Waals surface area contributed by atoms with Crippen LogP contribution in [0.25, 0.3) is 0 Å². The number of piperazine rings is 1. The van der Waals surface area contributed by atoms with E-state index in [0.717, 1.165) is 12.1 Å². The maximum Gasteiger partial charge on any atom is 0.253 e. The Morgan fingerprint density at radius 1 is 1.33 bits per heavy atom. The molecule has 2 aromatic rings. The largest absolute Gasteiger partial charge is 0.336 e. The van der Waals surface area contributed by atoms with Crippen molar-refractivity contribution >= 4 is 15.9 Å². The predicted octanol–water partition coefficient (Wildman–Crippen LogP) is 1.04. The summed E-state index contributed by atoms with van der Waals surface area (Å²) in [6, 6.07) is 10.2. The zero-order chi connectivity index (χ0) is 19.3. The van der Waals surface area contributed by atoms with Crippen molar-refractivity contribution in [2.24, 2.45) is 0 Å². The molecule has 1 aromatic carbocycles. The van der Waals surface area contributed by atoms with Gasteiger partial charge in [0.25, 0.3) is 5.91 Å². The first-order chi connectivity index (χ1) is 13.0. The second-order valence-electron chi connectivity index (χ2n) is 6.64. The third-order valence-corrected chi connectivity index (χ3v) is 5.93. The Morgan fingerprint density at radius 2 is 2.19 bits per heavy atom. The van der Waals surface area contributed by atoms with Crippen LogP contribution in [-0.2, 0) is 16.4 Å². The van der Waals surface area contributed by atoms with Crippen molar-refractivity contribution in [2.75, 3.05) is 26.2 Å². The van der Waals surface area contributed by atoms with Gasteiger partial charge < -0.3 is 10.2 Å². The van der Waals surface area contributed by atoms with Crippen LogP contribution in [0.2, 0.25) is 0 Å². The number of amides is 1. The van der Waals surface area contributed by atoms with Crippen LogP contribution in [0.1, 0.15) is 22.8 Å². The third-order valence-electron chi connectivity index (χ3n) is 4.48. The molecule has 2 heterocycles. The van der Waals surface area contributed by atoms with Crippen molar-refractivity contribution in [1.29, 1.82) is 0 Å². The highest BCUT2D eigenvalue weighted by atomic mass is 32.2. The lowest BCUT2D eigenvalue weighted by Gasteiger charge is -2.32. The molecule has 1 atom stereocenters. The first-order valence-corrected chi connectivity index (χ1v) is 10.5. The van der Waals surface area contributed by atoms with Crippen LogP contribution >= 0.6 is 0 Å². The number of pyridine rings is 1. The fraction of sp³-hybridized carbons (Fsp3) is 0.368. The third kappa shape index (κ3) is 5.12. The van der Waals surface area contributed by atoms with E-state index in [0.29, 0.717) is 25.1 Å². The van der Waals surface area contributed by atoms with Gasteiger partial charge in [-0.25, -0.2) is 13.1 Å². The molecule has 3 rings (SSSR count). The summed E-state index contributed by atoms with van der Waals surface area (Å²) in [6.45, 7) is 4.25. The summed E-state index contributed by atoms with van der Waals surface area (Å²) in [6.07, 6.45) is 3.93. The summed E-state index contributed by atoms with van der Waals surface area (Å²) < 4.78 is 27.7. The maximum atomic E-state index is 12.7. The van der Waals surface area contributed by atoms with Crippen molar-refractivity contribution in [3.05, 3.63) is 59.9 Å². The lowest BCUT2D eigenvalue weighted by molar-refractivity contribution is 0.0709. The molecule has 0 radical (unpaired) electrons. The van der Waals surface area contributed by atoms with E-state index < -0.39 is 10.0 Å². The van der Waals surface area contributed by atoms with Crippen LogP contribution in [-0.4, -0.2) is 56.4 Å². The van der Waals surface area contributed by atoms with E-state index in [2.05, 4.69) is 15.0 Å². The molecule has 1 saturated heterocycles. The van der Waals surface area contributed by atoms with Gasteiger partial charge in [-0.3, -0.25) is 9.78 Å². The molecule has 8 heteroatoms. The van der Waals surface area contributed by atoms with Gasteiger partial charge in [0.15, 0.2) is 0 Å². The second kappa shape index (κ2) is 8.60. The number of nitrogens with one attached hydrogen (secondary N) is 2. The predicted molar refractivity (Wildman–Crippen MR) is 103 cm³/mol. The molecule has 1 aromatic heterocycles. The minimum atomic E-state index is -3.68. The summed E-state index contributed by atoms with van der Waals surface area (Å²) >= 11 is 0. The fourth-order valence-corrected chi connectivity index (χ4v) is 4.13. The SMILES string of the molecule is CC1CN(C(=O)c2cccc(S(=O)(=O)NCCc3cccnc3)c2)CCN1. The molecule has 1 aliphatic rings. The summed E-state index contributed by atoms with van der Waals surface area (Å²) in [5, 5.41) is 3.29. The van der Waals surface area contributed by atoms with Gasteiger partial charge in [-0.1, -0.05) is 12.1 Å². The van der Waals surface area contributed by atoms with Crippen LogP contribution in [0.3, 0.4) is 0 Å². The molecule has 1 fully saturated rings. The second-order valence-corrected chi connectivity index (χ2v) is 8.41. The first-order valence-electron chi connectivity index (χ1n) is 8.97. The van der Waals surface area contributed by atoms with Gasteiger partial charge in [0.05, 0.1) is 4.90 Å². The Kier molecular flexibility index (Phi) is 6.20. The van der Waals surface area contributed by atoms with Gasteiger partial charge in [-0.2, -0.15) is 0 Å². The fourth-order valence-electron chi connectivity index (χ4n) is 3.05. The Labute approximate surface area is 159 Å². The van der Waals surface area contributed by atoms with Gasteiger partial charge in [0.2, 0.25) is 10.0 Å². The number of nitrogens with zero attached hydrogens (tertiary/aromatic N) is 2. The molecule has 0 bridgehead atoms. The highest BCUT2D eigenvalue weighted by Gasteiger charge is 2.23. The summed E-state index contributed by atoms with van der Waals surface area (Å²) in [7, 11) is -3.68. The molecular weight excluding hydrogens is 364 g/mol. The highest BCUT2D eigenvalue weighted by molar-refractivity contribution is 7.89. The molecule has 1 unspecified atom stereocenters. The standard InChI is InChI=1S/C19H24N4O3S/c1-15-14-23(11-10-21-15)19(24)17-5-2-6-18(12-17)27(25,26)22-9-7-16-4-3-8-20-13-16/h2-6,8,12-13,15,21-22H,7,9-11,14H2,1H3. The minimum absolute atomic E-state index is 0.0997. The van der Waals surface area contributed by atoms with Gasteiger partial charge in [-0.15, -0.1) is 0 Å². The lowest BCUT2D eigenvalue weighted by atomic mass is 10.1. The van der Waals surface area contributed by atoms with Crippen molar-refractivity contribution in [3.63, 3.8) is 0 Å². The number of aromatic nitrogens is 1. The average molecular weight is 388 g/mol. The zero-order valence-electron chi connectivity index (χ0n) is 15.3. The molecule has 27 heavy (non-hydrogen) atoms. The van der Waals surface area contributed by atoms with Crippen LogP contribution in [0.4, 0.5) is 0 Å². The van der Waals surface area contributed by atoms with Crippen molar-refractivity contribution in [1.82, 2.24) is 19.9 Å². The van der Waals surface area contributed by atoms with E-state index in [4.69, 9.17) is 0 Å². The van der Waals surface area contributed by atoms with Gasteiger partial charge in [-0.05, 0) is 43.2 Å². The van der Waals surface area contributed by atoms with Crippen LogP contribution in [0.5, 0.6) is 0 Å². The van der Waals surface area contributed by atoms with E-state index >= 15 is 0 Å². The molecule has 1 amide bonds. The number of hydrogen-bond donors (Lipinski definition) is 2. The minimum Gasteiger partial charge on any atom is -0.336 e. The smallest absolute Gasteiger partial charge is 0.253 e. The van der Waals surface area contributed by atoms with Crippen molar-refractivity contribution in [3.8, 4) is 0 Å². The molecule has 0 spiro atoms. The highest BCUT2D eigenvalue weighted by Crippen LogP contribution is 2.14. The van der Waals surface area contributed by atoms with Crippen LogP contribution in [0, 0.1) is 0 Å². The van der Waals surface area contributed by atoms with E-state index in [1.165, 1.54) is 12.1 Å². The molecule has 2 N–H and O–H groups in total. The number of carbonyl (C=O) groups excluding carboxylic acids is 1. The molecular formula is C19H24N4O3S. The number of sulfonamides is 1. The molecule has 7 nitrogen and oxygen atoms in total. The van der Waals surface area contributed by atoms with Crippen molar-refractivity contribution in [2.45, 2.75) is 24.3 Å². The van der Waals surface area contributed by atoms with Gasteiger partial charge >= 0.3 is 0 Å². The Balaban J connectivity index is 1.67. The van der Waals surface area contributed by atoms with Crippen LogP contribution in [0.15, 0.2) is 53.7 Å². The Hall–Kier alpha value is -2.29. The molecule has 0 saturated carbocycles. The zero-order valence-corrected chi connectivity index (χ0v) is 16.1. The number of hydrogen-bond acceptors (Lipinski definition) is 5. The van der Waals surface area contributed by atoms with Gasteiger partial charge in [0.1, 0.15) is 0 Å². The number of rotatable bonds is 6. The summed E-state index contributed by atoms with van der Waals surface area (Å²) in [5.74, 6) is -0.143.